The molecule has 1 aromatic heterocycles. The number of nitrogens with zero attached hydrogens (tertiary/aromatic N) is 5. The van der Waals surface area contributed by atoms with Gasteiger partial charge in [0.05, 0.1) is 16.3 Å². The summed E-state index contributed by atoms with van der Waals surface area (Å²) >= 11 is 6.37. The summed E-state index contributed by atoms with van der Waals surface area (Å²) < 4.78 is 28.0. The molecule has 174 valence electrons. The topological polar surface area (TPSA) is 129 Å². The molecule has 0 aliphatic carbocycles. The number of anilines is 2. The van der Waals surface area contributed by atoms with Gasteiger partial charge in [-0.05, 0) is 56.3 Å². The minimum absolute atomic E-state index is 0.00247. The number of rotatable bonds is 7. The fourth-order valence-electron chi connectivity index (χ4n) is 2.98. The van der Waals surface area contributed by atoms with E-state index in [4.69, 9.17) is 12.2 Å². The molecule has 2 heterocycles. The minimum atomic E-state index is -3.88. The van der Waals surface area contributed by atoms with E-state index in [1.165, 1.54) is 29.3 Å². The van der Waals surface area contributed by atoms with E-state index >= 15 is 0 Å². The van der Waals surface area contributed by atoms with Crippen molar-refractivity contribution in [3.8, 4) is 0 Å². The van der Waals surface area contributed by atoms with Crippen molar-refractivity contribution in [2.24, 2.45) is 10.2 Å². The van der Waals surface area contributed by atoms with Crippen LogP contribution in [0.25, 0.3) is 0 Å². The van der Waals surface area contributed by atoms with Crippen molar-refractivity contribution < 1.29 is 13.2 Å². The number of carbonyl (C=O) groups is 1. The molecule has 0 radical (unpaired) electrons. The maximum atomic E-state index is 12.7. The number of hydrazine groups is 1. The minimum Gasteiger partial charge on any atom is -0.290 e. The number of thioether (sulfide) groups is 1. The second-order valence-electron chi connectivity index (χ2n) is 7.18. The number of benzene rings is 2. The second-order valence-corrected chi connectivity index (χ2v) is 10.6. The molecule has 1 saturated heterocycles. The van der Waals surface area contributed by atoms with Gasteiger partial charge in [0.15, 0.2) is 4.32 Å². The quantitative estimate of drug-likeness (QED) is 0.355. The zero-order chi connectivity index (χ0) is 24.3. The molecule has 10 nitrogen and oxygen atoms in total. The average Bonchev–Trinajstić information content (AvgIpc) is 3.05. The van der Waals surface area contributed by atoms with Crippen LogP contribution in [0.3, 0.4) is 0 Å². The van der Waals surface area contributed by atoms with Gasteiger partial charge in [-0.2, -0.15) is 10.2 Å². The van der Waals surface area contributed by atoms with Crippen LogP contribution in [0.1, 0.15) is 11.4 Å². The lowest BCUT2D eigenvalue weighted by Crippen LogP contribution is -2.35. The summed E-state index contributed by atoms with van der Waals surface area (Å²) in [7, 11) is -3.88. The van der Waals surface area contributed by atoms with E-state index in [-0.39, 0.29) is 16.8 Å². The van der Waals surface area contributed by atoms with Gasteiger partial charge < -0.3 is 0 Å². The molecule has 2 N–H and O–H groups in total. The number of aryl methyl sites for hydroxylation is 2. The third-order valence-corrected chi connectivity index (χ3v) is 7.19. The summed E-state index contributed by atoms with van der Waals surface area (Å²) in [6.07, 6.45) is 0. The van der Waals surface area contributed by atoms with Crippen molar-refractivity contribution in [2.75, 3.05) is 10.1 Å². The lowest BCUT2D eigenvalue weighted by Gasteiger charge is -2.17. The molecule has 0 spiro atoms. The SMILES string of the molecule is Cc1cc(C)nc(NS(=O)(=O)c2ccc(N=NC3SC(=S)N(Nc4ccccc4)C3=O)cc2)n1. The third-order valence-electron chi connectivity index (χ3n) is 4.47. The van der Waals surface area contributed by atoms with Crippen LogP contribution < -0.4 is 10.1 Å². The average molecular weight is 514 g/mol. The van der Waals surface area contributed by atoms with Gasteiger partial charge in [-0.1, -0.05) is 42.2 Å². The highest BCUT2D eigenvalue weighted by molar-refractivity contribution is 8.24. The maximum Gasteiger partial charge on any atom is 0.284 e. The zero-order valence-electron chi connectivity index (χ0n) is 18.0. The van der Waals surface area contributed by atoms with Crippen molar-refractivity contribution in [2.45, 2.75) is 24.1 Å². The highest BCUT2D eigenvalue weighted by atomic mass is 32.2. The number of nitrogens with one attached hydrogen (secondary N) is 2. The molecule has 1 aliphatic rings. The van der Waals surface area contributed by atoms with E-state index in [0.717, 1.165) is 11.8 Å². The Morgan fingerprint density at radius 1 is 1.03 bits per heavy atom. The first-order valence-electron chi connectivity index (χ1n) is 9.93. The van der Waals surface area contributed by atoms with Gasteiger partial charge in [0, 0.05) is 11.4 Å². The Balaban J connectivity index is 1.42. The predicted octanol–water partition coefficient (Wildman–Crippen LogP) is 4.19. The van der Waals surface area contributed by atoms with Gasteiger partial charge in [-0.25, -0.2) is 28.1 Å². The van der Waals surface area contributed by atoms with Gasteiger partial charge in [0.1, 0.15) is 0 Å². The second kappa shape index (κ2) is 9.83. The van der Waals surface area contributed by atoms with Crippen LogP contribution in [-0.2, 0) is 14.8 Å². The van der Waals surface area contributed by atoms with Crippen LogP contribution in [0.5, 0.6) is 0 Å². The van der Waals surface area contributed by atoms with E-state index in [1.54, 1.807) is 19.9 Å². The van der Waals surface area contributed by atoms with E-state index < -0.39 is 15.4 Å². The number of hydrogen-bond acceptors (Lipinski definition) is 10. The number of carbonyl (C=O) groups excluding carboxylic acids is 1. The van der Waals surface area contributed by atoms with E-state index in [2.05, 4.69) is 30.3 Å². The van der Waals surface area contributed by atoms with Gasteiger partial charge >= 0.3 is 0 Å². The van der Waals surface area contributed by atoms with Crippen molar-refractivity contribution in [1.82, 2.24) is 15.0 Å². The molecule has 0 saturated carbocycles. The Bertz CT molecular complexity index is 1340. The first-order valence-corrected chi connectivity index (χ1v) is 12.7. The van der Waals surface area contributed by atoms with Crippen LogP contribution in [0, 0.1) is 13.8 Å². The number of aromatic nitrogens is 2. The lowest BCUT2D eigenvalue weighted by molar-refractivity contribution is -0.125. The predicted molar refractivity (Wildman–Crippen MR) is 134 cm³/mol. The van der Waals surface area contributed by atoms with E-state index in [0.29, 0.717) is 27.1 Å². The summed E-state index contributed by atoms with van der Waals surface area (Å²) in [5.41, 5.74) is 5.36. The van der Waals surface area contributed by atoms with Crippen LogP contribution in [0.2, 0.25) is 0 Å². The molecule has 2 aromatic carbocycles. The number of sulfonamides is 1. The largest absolute Gasteiger partial charge is 0.290 e. The smallest absolute Gasteiger partial charge is 0.284 e. The first kappa shape index (κ1) is 23.7. The molecular formula is C21H19N7O3S3. The highest BCUT2D eigenvalue weighted by Gasteiger charge is 2.37. The molecule has 4 rings (SSSR count). The van der Waals surface area contributed by atoms with Crippen LogP contribution in [0.15, 0.2) is 75.8 Å². The van der Waals surface area contributed by atoms with Crippen LogP contribution >= 0.6 is 24.0 Å². The molecule has 1 atom stereocenters. The Labute approximate surface area is 205 Å². The van der Waals surface area contributed by atoms with E-state index in [1.807, 2.05) is 30.3 Å². The third kappa shape index (κ3) is 5.55. The summed E-state index contributed by atoms with van der Waals surface area (Å²) in [6, 6.07) is 16.7. The molecule has 1 unspecified atom stereocenters. The monoisotopic (exact) mass is 513 g/mol. The molecule has 1 fully saturated rings. The Kier molecular flexibility index (Phi) is 6.86. The van der Waals surface area contributed by atoms with Gasteiger partial charge in [-0.15, -0.1) is 0 Å². The molecule has 13 heteroatoms. The van der Waals surface area contributed by atoms with Crippen molar-refractivity contribution in [3.05, 3.63) is 72.1 Å². The summed E-state index contributed by atoms with van der Waals surface area (Å²) in [6.45, 7) is 3.51. The molecule has 1 aliphatic heterocycles. The number of amides is 1. The standard InChI is InChI=1S/C21H19N7O3S3/c1-13-12-14(2)23-20(22-13)27-34(30,31)17-10-8-15(9-11-17)24-25-18-19(29)28(21(32)33-18)26-16-6-4-3-5-7-16/h3-12,18,26H,1-2H3,(H,22,23,27). The Morgan fingerprint density at radius 3 is 2.32 bits per heavy atom. The number of azo groups is 1. The Morgan fingerprint density at radius 2 is 1.68 bits per heavy atom. The van der Waals surface area contributed by atoms with Crippen molar-refractivity contribution >= 4 is 61.6 Å². The van der Waals surface area contributed by atoms with Crippen LogP contribution in [-0.4, -0.2) is 39.0 Å². The first-order chi connectivity index (χ1) is 16.2. The number of para-hydroxylation sites is 1. The molecule has 0 bridgehead atoms. The fraction of sp³-hybridized carbons (Fsp3) is 0.143. The normalized spacial score (nSPS) is 16.3. The molecule has 34 heavy (non-hydrogen) atoms. The van der Waals surface area contributed by atoms with Crippen LogP contribution in [0.4, 0.5) is 17.3 Å². The van der Waals surface area contributed by atoms with Gasteiger partial charge in [0.2, 0.25) is 11.3 Å². The number of hydrogen-bond donors (Lipinski definition) is 2. The Hall–Kier alpha value is -3.42. The summed E-state index contributed by atoms with van der Waals surface area (Å²) in [5.74, 6) is -0.345. The summed E-state index contributed by atoms with van der Waals surface area (Å²) in [4.78, 5) is 20.8. The molecule has 3 aromatic rings. The van der Waals surface area contributed by atoms with Gasteiger partial charge in [-0.3, -0.25) is 10.2 Å². The lowest BCUT2D eigenvalue weighted by atomic mass is 10.3. The maximum absolute atomic E-state index is 12.7. The molecule has 1 amide bonds. The number of thiocarbonyl (C=S) groups is 1. The zero-order valence-corrected chi connectivity index (χ0v) is 20.5. The van der Waals surface area contributed by atoms with Gasteiger partial charge in [0.25, 0.3) is 15.9 Å². The highest BCUT2D eigenvalue weighted by Crippen LogP contribution is 2.30. The fourth-order valence-corrected chi connectivity index (χ4v) is 5.06. The van der Waals surface area contributed by atoms with Crippen molar-refractivity contribution in [1.29, 1.82) is 0 Å². The van der Waals surface area contributed by atoms with Crippen molar-refractivity contribution in [3.63, 3.8) is 0 Å². The molecular weight excluding hydrogens is 494 g/mol. The van der Waals surface area contributed by atoms with E-state index in [9.17, 15) is 13.2 Å². The summed E-state index contributed by atoms with van der Waals surface area (Å²) in [5, 5.41) is 8.58.